The molecular weight excluding hydrogens is 260 g/mol. The van der Waals surface area contributed by atoms with Crippen LogP contribution in [0.5, 0.6) is 0 Å². The van der Waals surface area contributed by atoms with Gasteiger partial charge in [-0.3, -0.25) is 9.89 Å². The lowest BCUT2D eigenvalue weighted by Crippen LogP contribution is -2.15. The summed E-state index contributed by atoms with van der Waals surface area (Å²) in [4.78, 5) is 16.4. The van der Waals surface area contributed by atoms with Gasteiger partial charge in [0.2, 0.25) is 0 Å². The Kier molecular flexibility index (Phi) is 3.18. The van der Waals surface area contributed by atoms with Crippen LogP contribution in [-0.4, -0.2) is 31.6 Å². The van der Waals surface area contributed by atoms with Gasteiger partial charge in [0, 0.05) is 12.6 Å². The Balaban J connectivity index is 2.00. The largest absolute Gasteiger partial charge is 0.396 e. The third-order valence-corrected chi connectivity index (χ3v) is 2.82. The van der Waals surface area contributed by atoms with Crippen LogP contribution >= 0.6 is 0 Å². The van der Waals surface area contributed by atoms with E-state index in [2.05, 4.69) is 15.2 Å². The number of H-pyrrole nitrogens is 1. The standard InChI is InChI=1S/C13H12N4O3/c18-7-6-11-15-12(20-16-11)10-8-14-17(13(10)19)9-4-2-1-3-5-9/h1-5,8,14,18H,6-7H2. The van der Waals surface area contributed by atoms with Crippen LogP contribution in [0.25, 0.3) is 17.1 Å². The van der Waals surface area contributed by atoms with Crippen molar-refractivity contribution >= 4 is 0 Å². The molecule has 3 rings (SSSR count). The molecule has 0 fully saturated rings. The molecule has 2 N–H and O–H groups in total. The SMILES string of the molecule is O=c1c(-c2nc(CCO)no2)c[nH]n1-c1ccccc1. The predicted molar refractivity (Wildman–Crippen MR) is 70.5 cm³/mol. The second-order valence-electron chi connectivity index (χ2n) is 4.15. The van der Waals surface area contributed by atoms with Crippen molar-refractivity contribution in [1.82, 2.24) is 19.9 Å². The van der Waals surface area contributed by atoms with E-state index in [0.717, 1.165) is 5.69 Å². The molecule has 0 amide bonds. The van der Waals surface area contributed by atoms with Crippen LogP contribution in [0.3, 0.4) is 0 Å². The molecule has 7 nitrogen and oxygen atoms in total. The summed E-state index contributed by atoms with van der Waals surface area (Å²) in [5.74, 6) is 0.513. The van der Waals surface area contributed by atoms with Gasteiger partial charge < -0.3 is 9.63 Å². The quantitative estimate of drug-likeness (QED) is 0.730. The van der Waals surface area contributed by atoms with Crippen molar-refractivity contribution in [3.63, 3.8) is 0 Å². The van der Waals surface area contributed by atoms with E-state index in [1.807, 2.05) is 30.3 Å². The molecule has 0 aliphatic carbocycles. The van der Waals surface area contributed by atoms with Gasteiger partial charge in [-0.15, -0.1) is 0 Å². The summed E-state index contributed by atoms with van der Waals surface area (Å²) in [6.45, 7) is -0.0691. The van der Waals surface area contributed by atoms with Crippen molar-refractivity contribution in [2.75, 3.05) is 6.61 Å². The van der Waals surface area contributed by atoms with Crippen molar-refractivity contribution in [2.45, 2.75) is 6.42 Å². The molecule has 0 aliphatic heterocycles. The van der Waals surface area contributed by atoms with Crippen molar-refractivity contribution in [1.29, 1.82) is 0 Å². The van der Waals surface area contributed by atoms with E-state index in [0.29, 0.717) is 17.8 Å². The first kappa shape index (κ1) is 12.4. The summed E-state index contributed by atoms with van der Waals surface area (Å²) in [6, 6.07) is 9.18. The van der Waals surface area contributed by atoms with Crippen LogP contribution in [-0.2, 0) is 6.42 Å². The molecule has 102 valence electrons. The molecule has 0 spiro atoms. The van der Waals surface area contributed by atoms with Gasteiger partial charge in [0.15, 0.2) is 5.82 Å². The maximum absolute atomic E-state index is 12.3. The first-order valence-electron chi connectivity index (χ1n) is 6.09. The molecule has 0 saturated heterocycles. The number of hydrogen-bond acceptors (Lipinski definition) is 5. The fourth-order valence-corrected chi connectivity index (χ4v) is 1.86. The number of rotatable bonds is 4. The summed E-state index contributed by atoms with van der Waals surface area (Å²) in [5, 5.41) is 15.4. The first-order valence-corrected chi connectivity index (χ1v) is 6.09. The molecule has 0 atom stereocenters. The highest BCUT2D eigenvalue weighted by atomic mass is 16.5. The average Bonchev–Trinajstić information content (AvgIpc) is 3.07. The van der Waals surface area contributed by atoms with Crippen molar-refractivity contribution in [2.24, 2.45) is 0 Å². The van der Waals surface area contributed by atoms with E-state index < -0.39 is 0 Å². The molecular formula is C13H12N4O3. The molecule has 2 aromatic heterocycles. The average molecular weight is 272 g/mol. The summed E-state index contributed by atoms with van der Waals surface area (Å²) in [7, 11) is 0. The van der Waals surface area contributed by atoms with Gasteiger partial charge in [0.05, 0.1) is 12.3 Å². The summed E-state index contributed by atoms with van der Waals surface area (Å²) in [6.07, 6.45) is 1.81. The monoisotopic (exact) mass is 272 g/mol. The van der Waals surface area contributed by atoms with Crippen LogP contribution in [0.15, 0.2) is 45.8 Å². The Labute approximate surface area is 113 Å². The minimum absolute atomic E-state index is 0.0691. The summed E-state index contributed by atoms with van der Waals surface area (Å²) >= 11 is 0. The molecule has 0 unspecified atom stereocenters. The molecule has 0 aliphatic rings. The lowest BCUT2D eigenvalue weighted by atomic mass is 10.3. The lowest BCUT2D eigenvalue weighted by Gasteiger charge is -1.98. The van der Waals surface area contributed by atoms with E-state index in [9.17, 15) is 4.79 Å². The molecule has 20 heavy (non-hydrogen) atoms. The van der Waals surface area contributed by atoms with Gasteiger partial charge in [-0.05, 0) is 12.1 Å². The number of nitrogens with zero attached hydrogens (tertiary/aromatic N) is 3. The number of aliphatic hydroxyl groups excluding tert-OH is 1. The second-order valence-corrected chi connectivity index (χ2v) is 4.15. The molecule has 7 heteroatoms. The van der Waals surface area contributed by atoms with Gasteiger partial charge in [0.1, 0.15) is 5.56 Å². The maximum atomic E-state index is 12.3. The minimum atomic E-state index is -0.268. The van der Waals surface area contributed by atoms with Gasteiger partial charge in [-0.1, -0.05) is 23.4 Å². The topological polar surface area (TPSA) is 96.9 Å². The van der Waals surface area contributed by atoms with Gasteiger partial charge in [0.25, 0.3) is 11.4 Å². The Morgan fingerprint density at radius 3 is 2.85 bits per heavy atom. The van der Waals surface area contributed by atoms with Crippen LogP contribution in [0.1, 0.15) is 5.82 Å². The fraction of sp³-hybridized carbons (Fsp3) is 0.154. The molecule has 0 bridgehead atoms. The summed E-state index contributed by atoms with van der Waals surface area (Å²) in [5.41, 5.74) is 0.750. The lowest BCUT2D eigenvalue weighted by molar-refractivity contribution is 0.293. The maximum Gasteiger partial charge on any atom is 0.284 e. The fourth-order valence-electron chi connectivity index (χ4n) is 1.86. The number of aromatic amines is 1. The molecule has 2 heterocycles. The van der Waals surface area contributed by atoms with Crippen molar-refractivity contribution in [3.05, 3.63) is 52.7 Å². The molecule has 0 saturated carbocycles. The zero-order chi connectivity index (χ0) is 13.9. The van der Waals surface area contributed by atoms with Crippen molar-refractivity contribution in [3.8, 4) is 17.1 Å². The zero-order valence-electron chi connectivity index (χ0n) is 10.5. The highest BCUT2D eigenvalue weighted by Gasteiger charge is 2.16. The van der Waals surface area contributed by atoms with Crippen LogP contribution < -0.4 is 5.56 Å². The third-order valence-electron chi connectivity index (χ3n) is 2.82. The van der Waals surface area contributed by atoms with Crippen molar-refractivity contribution < 1.29 is 9.63 Å². The molecule has 1 aromatic carbocycles. The van der Waals surface area contributed by atoms with Gasteiger partial charge in [-0.25, -0.2) is 4.68 Å². The van der Waals surface area contributed by atoms with E-state index in [4.69, 9.17) is 9.63 Å². The summed E-state index contributed by atoms with van der Waals surface area (Å²) < 4.78 is 6.42. The highest BCUT2D eigenvalue weighted by Crippen LogP contribution is 2.13. The first-order chi connectivity index (χ1) is 9.79. The van der Waals surface area contributed by atoms with Gasteiger partial charge in [-0.2, -0.15) is 4.98 Å². The smallest absolute Gasteiger partial charge is 0.284 e. The normalized spacial score (nSPS) is 10.8. The number of aromatic nitrogens is 4. The minimum Gasteiger partial charge on any atom is -0.396 e. The Bertz CT molecular complexity index is 757. The Hall–Kier alpha value is -2.67. The van der Waals surface area contributed by atoms with Crippen LogP contribution in [0, 0.1) is 0 Å². The van der Waals surface area contributed by atoms with E-state index in [1.54, 1.807) is 0 Å². The number of hydrogen-bond donors (Lipinski definition) is 2. The van der Waals surface area contributed by atoms with E-state index in [1.165, 1.54) is 10.9 Å². The zero-order valence-corrected chi connectivity index (χ0v) is 10.5. The second kappa shape index (κ2) is 5.14. The Morgan fingerprint density at radius 1 is 1.30 bits per heavy atom. The predicted octanol–water partition coefficient (Wildman–Crippen LogP) is 0.750. The van der Waals surface area contributed by atoms with E-state index >= 15 is 0 Å². The number of para-hydroxylation sites is 1. The molecule has 0 radical (unpaired) electrons. The Morgan fingerprint density at radius 2 is 2.10 bits per heavy atom. The van der Waals surface area contributed by atoms with E-state index in [-0.39, 0.29) is 18.1 Å². The van der Waals surface area contributed by atoms with Gasteiger partial charge >= 0.3 is 0 Å². The van der Waals surface area contributed by atoms with Crippen LogP contribution in [0.4, 0.5) is 0 Å². The number of aliphatic hydroxyl groups is 1. The number of benzene rings is 1. The molecule has 3 aromatic rings. The van der Waals surface area contributed by atoms with Crippen LogP contribution in [0.2, 0.25) is 0 Å². The highest BCUT2D eigenvalue weighted by molar-refractivity contribution is 5.51. The number of nitrogens with one attached hydrogen (secondary N) is 1. The third kappa shape index (κ3) is 2.14.